The molecule has 0 aromatic rings. The molecular formula is C32H59NO7. The van der Waals surface area contributed by atoms with Gasteiger partial charge in [-0.15, -0.1) is 0 Å². The van der Waals surface area contributed by atoms with Crippen molar-refractivity contribution in [3.63, 3.8) is 0 Å². The van der Waals surface area contributed by atoms with Crippen molar-refractivity contribution in [3.05, 3.63) is 24.3 Å². The zero-order valence-electron chi connectivity index (χ0n) is 26.2. The highest BCUT2D eigenvalue weighted by Crippen LogP contribution is 2.11. The summed E-state index contributed by atoms with van der Waals surface area (Å²) in [5.74, 6) is -0.434. The van der Waals surface area contributed by atoms with Crippen LogP contribution in [-0.2, 0) is 28.5 Å². The average molecular weight is 570 g/mol. The molecule has 0 aromatic heterocycles. The van der Waals surface area contributed by atoms with Crippen LogP contribution in [0.5, 0.6) is 0 Å². The number of hydrogen-bond donors (Lipinski definition) is 0. The van der Waals surface area contributed by atoms with E-state index in [4.69, 9.17) is 23.7 Å². The lowest BCUT2D eigenvalue weighted by atomic mass is 10.2. The Hall–Kier alpha value is -1.90. The van der Waals surface area contributed by atoms with Crippen molar-refractivity contribution >= 4 is 12.1 Å². The van der Waals surface area contributed by atoms with E-state index in [1.54, 1.807) is 0 Å². The Bertz CT molecular complexity index is 625. The summed E-state index contributed by atoms with van der Waals surface area (Å²) in [6.07, 6.45) is 17.4. The molecule has 0 saturated heterocycles. The van der Waals surface area contributed by atoms with Crippen molar-refractivity contribution in [1.82, 2.24) is 4.90 Å². The van der Waals surface area contributed by atoms with E-state index < -0.39 is 12.4 Å². The maximum absolute atomic E-state index is 12.3. The molecule has 0 spiro atoms. The number of ether oxygens (including phenoxy) is 5. The highest BCUT2D eigenvalue weighted by molar-refractivity contribution is 5.69. The molecule has 1 unspecified atom stereocenters. The smallest absolute Gasteiger partial charge is 0.465 e. The lowest BCUT2D eigenvalue weighted by Gasteiger charge is -2.19. The molecule has 0 fully saturated rings. The van der Waals surface area contributed by atoms with Crippen LogP contribution in [-0.4, -0.2) is 76.0 Å². The molecule has 0 aliphatic carbocycles. The fraction of sp³-hybridized carbons (Fsp3) is 0.812. The maximum Gasteiger partial charge on any atom is 0.508 e. The number of esters is 1. The van der Waals surface area contributed by atoms with Crippen LogP contribution in [0.3, 0.4) is 0 Å². The standard InChI is InChI=1S/C32H59NO7/c1-6-10-12-14-16-18-24-36-31(37-25-19-17-15-13-11-7-2)22-21-30(34)39-27-29(5)28-40-32(35)38-26-20-23-33(8-3)9-4/h10-13,29,31H,6-9,14-28H2,1-5H3/b12-10-,13-11-. The third kappa shape index (κ3) is 25.1. The molecule has 8 heteroatoms. The minimum absolute atomic E-state index is 0.126. The number of carbonyl (C=O) groups is 2. The van der Waals surface area contributed by atoms with Gasteiger partial charge >= 0.3 is 12.1 Å². The Morgan fingerprint density at radius 2 is 1.27 bits per heavy atom. The summed E-state index contributed by atoms with van der Waals surface area (Å²) in [5, 5.41) is 0. The number of carbonyl (C=O) groups excluding carboxylic acids is 2. The van der Waals surface area contributed by atoms with E-state index in [1.807, 2.05) is 6.92 Å². The van der Waals surface area contributed by atoms with E-state index >= 15 is 0 Å². The SMILES string of the molecule is CC/C=C\CCCCOC(CCC(=O)OCC(C)COC(=O)OCCCN(CC)CC)OCCCC/C=C\CC. The first-order chi connectivity index (χ1) is 19.5. The second-order valence-electron chi connectivity index (χ2n) is 10.0. The van der Waals surface area contributed by atoms with Crippen LogP contribution in [0.25, 0.3) is 0 Å². The minimum atomic E-state index is -0.683. The van der Waals surface area contributed by atoms with Crippen LogP contribution < -0.4 is 0 Å². The summed E-state index contributed by atoms with van der Waals surface area (Å²) in [5.41, 5.74) is 0. The van der Waals surface area contributed by atoms with E-state index in [0.29, 0.717) is 26.2 Å². The van der Waals surface area contributed by atoms with E-state index in [9.17, 15) is 9.59 Å². The molecule has 40 heavy (non-hydrogen) atoms. The van der Waals surface area contributed by atoms with Gasteiger partial charge in [-0.05, 0) is 70.9 Å². The van der Waals surface area contributed by atoms with Crippen molar-refractivity contribution in [2.45, 2.75) is 112 Å². The van der Waals surface area contributed by atoms with Crippen molar-refractivity contribution < 1.29 is 33.3 Å². The van der Waals surface area contributed by atoms with E-state index in [2.05, 4.69) is 56.9 Å². The summed E-state index contributed by atoms with van der Waals surface area (Å²) in [6.45, 7) is 15.1. The first kappa shape index (κ1) is 38.1. The second-order valence-corrected chi connectivity index (χ2v) is 10.0. The number of rotatable bonds is 27. The van der Waals surface area contributed by atoms with Gasteiger partial charge in [-0.2, -0.15) is 0 Å². The highest BCUT2D eigenvalue weighted by Gasteiger charge is 2.15. The van der Waals surface area contributed by atoms with Gasteiger partial charge in [0.05, 0.1) is 19.6 Å². The molecule has 1 atom stereocenters. The molecular weight excluding hydrogens is 510 g/mol. The van der Waals surface area contributed by atoms with Crippen LogP contribution in [0.2, 0.25) is 0 Å². The summed E-state index contributed by atoms with van der Waals surface area (Å²) in [4.78, 5) is 26.4. The van der Waals surface area contributed by atoms with Gasteiger partial charge in [0.1, 0.15) is 6.61 Å². The minimum Gasteiger partial charge on any atom is -0.465 e. The quantitative estimate of drug-likeness (QED) is 0.0436. The number of unbranched alkanes of at least 4 members (excludes halogenated alkanes) is 4. The molecule has 0 heterocycles. The molecule has 0 rings (SSSR count). The largest absolute Gasteiger partial charge is 0.508 e. The first-order valence-electron chi connectivity index (χ1n) is 15.7. The monoisotopic (exact) mass is 569 g/mol. The highest BCUT2D eigenvalue weighted by atomic mass is 16.7. The summed E-state index contributed by atoms with van der Waals surface area (Å²) in [7, 11) is 0. The third-order valence-electron chi connectivity index (χ3n) is 6.27. The Balaban J connectivity index is 4.22. The molecule has 8 nitrogen and oxygen atoms in total. The summed E-state index contributed by atoms with van der Waals surface area (Å²) >= 11 is 0. The van der Waals surface area contributed by atoms with Crippen LogP contribution in [0, 0.1) is 5.92 Å². The molecule has 0 aliphatic heterocycles. The molecule has 0 aliphatic rings. The van der Waals surface area contributed by atoms with Gasteiger partial charge in [-0.3, -0.25) is 4.79 Å². The van der Waals surface area contributed by atoms with Crippen molar-refractivity contribution in [3.8, 4) is 0 Å². The molecule has 0 saturated carbocycles. The lowest BCUT2D eigenvalue weighted by molar-refractivity contribution is -0.160. The van der Waals surface area contributed by atoms with Crippen LogP contribution in [0.1, 0.15) is 105 Å². The summed E-state index contributed by atoms with van der Waals surface area (Å²) in [6, 6.07) is 0. The lowest BCUT2D eigenvalue weighted by Crippen LogP contribution is -2.25. The van der Waals surface area contributed by atoms with Crippen molar-refractivity contribution in [2.75, 3.05) is 52.7 Å². The number of hydrogen-bond acceptors (Lipinski definition) is 8. The van der Waals surface area contributed by atoms with Crippen LogP contribution >= 0.6 is 0 Å². The zero-order valence-corrected chi connectivity index (χ0v) is 26.2. The van der Waals surface area contributed by atoms with Crippen molar-refractivity contribution in [2.24, 2.45) is 5.92 Å². The topological polar surface area (TPSA) is 83.5 Å². The first-order valence-corrected chi connectivity index (χ1v) is 15.7. The van der Waals surface area contributed by atoms with Gasteiger partial charge in [0.15, 0.2) is 6.29 Å². The van der Waals surface area contributed by atoms with Gasteiger partial charge < -0.3 is 28.6 Å². The van der Waals surface area contributed by atoms with Gasteiger partial charge in [0.2, 0.25) is 0 Å². The van der Waals surface area contributed by atoms with Crippen molar-refractivity contribution in [1.29, 1.82) is 0 Å². The fourth-order valence-corrected chi connectivity index (χ4v) is 3.77. The van der Waals surface area contributed by atoms with Gasteiger partial charge in [-0.1, -0.05) is 58.9 Å². The normalized spacial score (nSPS) is 12.6. The maximum atomic E-state index is 12.3. The van der Waals surface area contributed by atoms with Crippen LogP contribution in [0.4, 0.5) is 4.79 Å². The van der Waals surface area contributed by atoms with Gasteiger partial charge in [-0.25, -0.2) is 4.79 Å². The molecule has 0 amide bonds. The Kier molecular flexibility index (Phi) is 27.3. The van der Waals surface area contributed by atoms with Gasteiger partial charge in [0.25, 0.3) is 0 Å². The Labute approximate surface area is 244 Å². The zero-order chi connectivity index (χ0) is 29.7. The molecule has 0 aromatic carbocycles. The average Bonchev–Trinajstić information content (AvgIpc) is 2.96. The van der Waals surface area contributed by atoms with E-state index in [-0.39, 0.29) is 31.5 Å². The number of nitrogens with zero attached hydrogens (tertiary/aromatic N) is 1. The Morgan fingerprint density at radius 3 is 1.82 bits per heavy atom. The second kappa shape index (κ2) is 28.6. The molecule has 0 N–H and O–H groups in total. The molecule has 0 bridgehead atoms. The van der Waals surface area contributed by atoms with E-state index in [0.717, 1.165) is 77.4 Å². The molecule has 234 valence electrons. The third-order valence-corrected chi connectivity index (χ3v) is 6.27. The molecule has 0 radical (unpaired) electrons. The fourth-order valence-electron chi connectivity index (χ4n) is 3.77. The summed E-state index contributed by atoms with van der Waals surface area (Å²) < 4.78 is 27.6. The van der Waals surface area contributed by atoms with Crippen LogP contribution in [0.15, 0.2) is 24.3 Å². The van der Waals surface area contributed by atoms with Gasteiger partial charge in [0, 0.05) is 32.1 Å². The predicted molar refractivity (Wildman–Crippen MR) is 161 cm³/mol. The Morgan fingerprint density at radius 1 is 0.700 bits per heavy atom. The number of allylic oxidation sites excluding steroid dienone is 4. The predicted octanol–water partition coefficient (Wildman–Crippen LogP) is 7.46. The van der Waals surface area contributed by atoms with E-state index in [1.165, 1.54) is 0 Å².